The Morgan fingerprint density at radius 1 is 1.11 bits per heavy atom. The molecular formula is C16H21BrFN. The van der Waals surface area contributed by atoms with Gasteiger partial charge in [-0.15, -0.1) is 0 Å². The van der Waals surface area contributed by atoms with E-state index >= 15 is 0 Å². The van der Waals surface area contributed by atoms with Gasteiger partial charge in [0.2, 0.25) is 0 Å². The summed E-state index contributed by atoms with van der Waals surface area (Å²) in [7, 11) is 0. The van der Waals surface area contributed by atoms with Gasteiger partial charge in [0.15, 0.2) is 0 Å². The lowest BCUT2D eigenvalue weighted by Crippen LogP contribution is -2.39. The van der Waals surface area contributed by atoms with Crippen molar-refractivity contribution in [1.29, 1.82) is 0 Å². The predicted molar refractivity (Wildman–Crippen MR) is 81.4 cm³/mol. The maximum atomic E-state index is 13.8. The van der Waals surface area contributed by atoms with E-state index in [2.05, 4.69) is 26.9 Å². The third-order valence-electron chi connectivity index (χ3n) is 5.06. The minimum atomic E-state index is -0.0875. The summed E-state index contributed by atoms with van der Waals surface area (Å²) in [5, 5.41) is 0.594. The summed E-state index contributed by atoms with van der Waals surface area (Å²) in [4.78, 5) is 2.38. The van der Waals surface area contributed by atoms with Crippen LogP contribution in [0.25, 0.3) is 0 Å². The number of nitrogens with zero attached hydrogens (tertiary/aromatic N) is 1. The highest BCUT2D eigenvalue weighted by Gasteiger charge is 2.37. The predicted octanol–water partition coefficient (Wildman–Crippen LogP) is 4.88. The second-order valence-corrected chi connectivity index (χ2v) is 6.63. The number of halogens is 2. The van der Waals surface area contributed by atoms with Gasteiger partial charge in [-0.2, -0.15) is 0 Å². The Balaban J connectivity index is 1.76. The van der Waals surface area contributed by atoms with Crippen LogP contribution in [0.3, 0.4) is 0 Å². The molecule has 1 aromatic rings. The molecular weight excluding hydrogens is 305 g/mol. The number of hydrogen-bond acceptors (Lipinski definition) is 1. The largest absolute Gasteiger partial charge is 0.371 e. The standard InChI is InChI=1S/C16H21BrFN/c17-12-13-14(18)4-3-5-15(13)19-10-8-16(9-11-19)6-1-2-7-16/h3-5H,1-2,6-12H2. The van der Waals surface area contributed by atoms with E-state index in [1.807, 2.05) is 6.07 Å². The second-order valence-electron chi connectivity index (χ2n) is 6.07. The van der Waals surface area contributed by atoms with Crippen LogP contribution in [-0.4, -0.2) is 13.1 Å². The molecule has 1 heterocycles. The van der Waals surface area contributed by atoms with Crippen LogP contribution < -0.4 is 4.90 Å². The van der Waals surface area contributed by atoms with Crippen LogP contribution >= 0.6 is 15.9 Å². The Hall–Kier alpha value is -0.570. The van der Waals surface area contributed by atoms with Crippen LogP contribution in [0, 0.1) is 11.2 Å². The molecule has 3 rings (SSSR count). The number of hydrogen-bond donors (Lipinski definition) is 0. The van der Waals surface area contributed by atoms with Gasteiger partial charge < -0.3 is 4.90 Å². The summed E-state index contributed by atoms with van der Waals surface area (Å²) in [6, 6.07) is 5.45. The number of benzene rings is 1. The average Bonchev–Trinajstić information content (AvgIpc) is 2.88. The SMILES string of the molecule is Fc1cccc(N2CCC3(CCCC3)CC2)c1CBr. The summed E-state index contributed by atoms with van der Waals surface area (Å²) in [5.74, 6) is -0.0875. The molecule has 2 aliphatic rings. The van der Waals surface area contributed by atoms with Crippen LogP contribution in [0.15, 0.2) is 18.2 Å². The van der Waals surface area contributed by atoms with Gasteiger partial charge in [-0.05, 0) is 43.2 Å². The number of piperidine rings is 1. The van der Waals surface area contributed by atoms with E-state index in [1.54, 1.807) is 6.07 Å². The highest BCUT2D eigenvalue weighted by Crippen LogP contribution is 2.47. The smallest absolute Gasteiger partial charge is 0.129 e. The first kappa shape index (κ1) is 13.4. The third-order valence-corrected chi connectivity index (χ3v) is 5.62. The van der Waals surface area contributed by atoms with Gasteiger partial charge in [0.1, 0.15) is 5.82 Å². The molecule has 0 aromatic heterocycles. The van der Waals surface area contributed by atoms with Crippen molar-refractivity contribution in [3.63, 3.8) is 0 Å². The van der Waals surface area contributed by atoms with E-state index in [-0.39, 0.29) is 5.82 Å². The van der Waals surface area contributed by atoms with Gasteiger partial charge in [0.05, 0.1) is 0 Å². The number of rotatable bonds is 2. The minimum absolute atomic E-state index is 0.0875. The molecule has 1 aliphatic carbocycles. The van der Waals surface area contributed by atoms with E-state index in [4.69, 9.17) is 0 Å². The molecule has 0 bridgehead atoms. The topological polar surface area (TPSA) is 3.24 Å². The van der Waals surface area contributed by atoms with Gasteiger partial charge in [-0.1, -0.05) is 34.8 Å². The van der Waals surface area contributed by atoms with Crippen molar-refractivity contribution in [2.75, 3.05) is 18.0 Å². The first-order valence-corrected chi connectivity index (χ1v) is 8.45. The molecule has 1 nitrogen and oxygen atoms in total. The minimum Gasteiger partial charge on any atom is -0.371 e. The quantitative estimate of drug-likeness (QED) is 0.700. The van der Waals surface area contributed by atoms with Gasteiger partial charge in [0, 0.05) is 29.7 Å². The Morgan fingerprint density at radius 3 is 2.42 bits per heavy atom. The maximum absolute atomic E-state index is 13.8. The third kappa shape index (κ3) is 2.54. The van der Waals surface area contributed by atoms with Crippen molar-refractivity contribution >= 4 is 21.6 Å². The molecule has 1 saturated heterocycles. The summed E-state index contributed by atoms with van der Waals surface area (Å²) in [6.45, 7) is 2.17. The summed E-state index contributed by atoms with van der Waals surface area (Å²) in [5.41, 5.74) is 2.52. The fourth-order valence-corrected chi connectivity index (χ4v) is 4.38. The molecule has 0 unspecified atom stereocenters. The lowest BCUT2D eigenvalue weighted by molar-refractivity contribution is 0.226. The Bertz CT molecular complexity index is 444. The van der Waals surface area contributed by atoms with Crippen LogP contribution in [0.1, 0.15) is 44.1 Å². The van der Waals surface area contributed by atoms with Crippen molar-refractivity contribution in [3.8, 4) is 0 Å². The molecule has 0 radical (unpaired) electrons. The first-order valence-electron chi connectivity index (χ1n) is 7.32. The molecule has 1 saturated carbocycles. The Morgan fingerprint density at radius 2 is 1.79 bits per heavy atom. The van der Waals surface area contributed by atoms with Crippen molar-refractivity contribution in [2.45, 2.75) is 43.9 Å². The average molecular weight is 326 g/mol. The molecule has 1 spiro atoms. The van der Waals surface area contributed by atoms with Crippen LogP contribution in [0.2, 0.25) is 0 Å². The number of anilines is 1. The molecule has 3 heteroatoms. The zero-order valence-electron chi connectivity index (χ0n) is 11.3. The Labute approximate surface area is 123 Å². The fourth-order valence-electron chi connectivity index (χ4n) is 3.82. The molecule has 1 aromatic carbocycles. The van der Waals surface area contributed by atoms with E-state index in [1.165, 1.54) is 38.5 Å². The normalized spacial score (nSPS) is 22.1. The maximum Gasteiger partial charge on any atom is 0.129 e. The zero-order chi connectivity index (χ0) is 13.3. The summed E-state index contributed by atoms with van der Waals surface area (Å²) < 4.78 is 13.8. The van der Waals surface area contributed by atoms with Crippen molar-refractivity contribution < 1.29 is 4.39 Å². The molecule has 0 amide bonds. The summed E-state index contributed by atoms with van der Waals surface area (Å²) >= 11 is 3.42. The molecule has 19 heavy (non-hydrogen) atoms. The fraction of sp³-hybridized carbons (Fsp3) is 0.625. The van der Waals surface area contributed by atoms with Crippen molar-refractivity contribution in [2.24, 2.45) is 5.41 Å². The van der Waals surface area contributed by atoms with Crippen LogP contribution in [0.5, 0.6) is 0 Å². The van der Waals surface area contributed by atoms with Crippen molar-refractivity contribution in [1.82, 2.24) is 0 Å². The zero-order valence-corrected chi connectivity index (χ0v) is 12.9. The van der Waals surface area contributed by atoms with E-state index < -0.39 is 0 Å². The van der Waals surface area contributed by atoms with Gasteiger partial charge in [-0.3, -0.25) is 0 Å². The van der Waals surface area contributed by atoms with E-state index in [0.717, 1.165) is 24.3 Å². The molecule has 1 aliphatic heterocycles. The first-order chi connectivity index (χ1) is 9.24. The van der Waals surface area contributed by atoms with Gasteiger partial charge in [-0.25, -0.2) is 4.39 Å². The van der Waals surface area contributed by atoms with Crippen LogP contribution in [0.4, 0.5) is 10.1 Å². The molecule has 0 atom stereocenters. The van der Waals surface area contributed by atoms with Gasteiger partial charge >= 0.3 is 0 Å². The van der Waals surface area contributed by atoms with E-state index in [0.29, 0.717) is 10.7 Å². The highest BCUT2D eigenvalue weighted by atomic mass is 79.9. The van der Waals surface area contributed by atoms with Crippen molar-refractivity contribution in [3.05, 3.63) is 29.6 Å². The molecule has 2 fully saturated rings. The summed E-state index contributed by atoms with van der Waals surface area (Å²) in [6.07, 6.45) is 8.21. The molecule has 0 N–H and O–H groups in total. The second kappa shape index (κ2) is 5.43. The highest BCUT2D eigenvalue weighted by molar-refractivity contribution is 9.08. The lowest BCUT2D eigenvalue weighted by Gasteiger charge is -2.41. The molecule has 104 valence electrons. The van der Waals surface area contributed by atoms with Gasteiger partial charge in [0.25, 0.3) is 0 Å². The Kier molecular flexibility index (Phi) is 3.84. The lowest BCUT2D eigenvalue weighted by atomic mass is 9.77. The monoisotopic (exact) mass is 325 g/mol. The number of alkyl halides is 1. The van der Waals surface area contributed by atoms with Crippen LogP contribution in [-0.2, 0) is 5.33 Å². The van der Waals surface area contributed by atoms with E-state index in [9.17, 15) is 4.39 Å².